The molecule has 24 heavy (non-hydrogen) atoms. The number of carbonyl (C=O) groups excluding carboxylic acids is 1. The highest BCUT2D eigenvalue weighted by molar-refractivity contribution is 5.75. The van der Waals surface area contributed by atoms with Crippen LogP contribution in [0.2, 0.25) is 0 Å². The molecule has 0 saturated carbocycles. The Bertz CT molecular complexity index is 809. The maximum Gasteiger partial charge on any atom is 0.573 e. The van der Waals surface area contributed by atoms with Crippen LogP contribution >= 0.6 is 0 Å². The number of likely N-dealkylation sites (N-methyl/N-ethyl adjacent to an activating group) is 1. The maximum atomic E-state index is 12.4. The van der Waals surface area contributed by atoms with Gasteiger partial charge >= 0.3 is 17.7 Å². The molecule has 0 aliphatic rings. The molecule has 130 valence electrons. The highest BCUT2D eigenvalue weighted by atomic mass is 19.4. The summed E-state index contributed by atoms with van der Waals surface area (Å²) in [6.45, 7) is -0.737. The van der Waals surface area contributed by atoms with Gasteiger partial charge in [-0.05, 0) is 6.07 Å². The summed E-state index contributed by atoms with van der Waals surface area (Å²) in [5.41, 5.74) is -1.45. The number of para-hydroxylation sites is 1. The predicted molar refractivity (Wildman–Crippen MR) is 75.3 cm³/mol. The number of nitrogens with zero attached hydrogens (tertiary/aromatic N) is 2. The standard InChI is InChI=1S/C13H13F3N4O4/c1-19(10(21)7-20-11(22)17-18-12(20)23)6-8-4-2-3-5-9(8)24-13(14,15)16/h2-5H,6-7H2,1H3,(H,17,22)(H,18,23). The van der Waals surface area contributed by atoms with Gasteiger partial charge in [0.2, 0.25) is 5.91 Å². The minimum absolute atomic E-state index is 0.126. The van der Waals surface area contributed by atoms with Crippen molar-refractivity contribution in [1.29, 1.82) is 0 Å². The Labute approximate surface area is 132 Å². The lowest BCUT2D eigenvalue weighted by molar-refractivity contribution is -0.275. The van der Waals surface area contributed by atoms with E-state index in [1.807, 2.05) is 10.2 Å². The van der Waals surface area contributed by atoms with E-state index in [-0.39, 0.29) is 12.1 Å². The number of alkyl halides is 3. The Balaban J connectivity index is 2.12. The molecule has 0 spiro atoms. The number of benzene rings is 1. The third-order valence-electron chi connectivity index (χ3n) is 3.09. The molecule has 1 aromatic heterocycles. The third kappa shape index (κ3) is 4.27. The molecule has 2 rings (SSSR count). The summed E-state index contributed by atoms with van der Waals surface area (Å²) in [5.74, 6) is -1.06. The molecular formula is C13H13F3N4O4. The van der Waals surface area contributed by atoms with Gasteiger partial charge in [0.05, 0.1) is 0 Å². The summed E-state index contributed by atoms with van der Waals surface area (Å²) in [4.78, 5) is 35.8. The Morgan fingerprint density at radius 3 is 2.38 bits per heavy atom. The minimum Gasteiger partial charge on any atom is -0.405 e. The van der Waals surface area contributed by atoms with Gasteiger partial charge in [-0.15, -0.1) is 13.2 Å². The molecule has 0 aliphatic carbocycles. The van der Waals surface area contributed by atoms with E-state index < -0.39 is 35.9 Å². The normalized spacial score (nSPS) is 11.3. The van der Waals surface area contributed by atoms with Gasteiger partial charge in [0.15, 0.2) is 0 Å². The summed E-state index contributed by atoms with van der Waals surface area (Å²) < 4.78 is 41.7. The average molecular weight is 346 g/mol. The van der Waals surface area contributed by atoms with Crippen LogP contribution in [0.5, 0.6) is 5.75 Å². The summed E-state index contributed by atoms with van der Waals surface area (Å²) in [7, 11) is 1.33. The highest BCUT2D eigenvalue weighted by Gasteiger charge is 2.32. The fourth-order valence-electron chi connectivity index (χ4n) is 1.94. The van der Waals surface area contributed by atoms with Gasteiger partial charge < -0.3 is 9.64 Å². The number of amides is 1. The van der Waals surface area contributed by atoms with Gasteiger partial charge in [-0.3, -0.25) is 4.79 Å². The van der Waals surface area contributed by atoms with E-state index in [4.69, 9.17) is 0 Å². The van der Waals surface area contributed by atoms with Crippen molar-refractivity contribution in [2.75, 3.05) is 7.05 Å². The van der Waals surface area contributed by atoms with Crippen LogP contribution in [0.25, 0.3) is 0 Å². The van der Waals surface area contributed by atoms with Crippen LogP contribution in [0.15, 0.2) is 33.9 Å². The number of rotatable bonds is 5. The van der Waals surface area contributed by atoms with E-state index in [0.717, 1.165) is 11.0 Å². The number of carbonyl (C=O) groups is 1. The molecule has 11 heteroatoms. The number of aromatic amines is 2. The third-order valence-corrected chi connectivity index (χ3v) is 3.09. The van der Waals surface area contributed by atoms with Gasteiger partial charge in [0.25, 0.3) is 0 Å². The number of aromatic nitrogens is 3. The van der Waals surface area contributed by atoms with Crippen LogP contribution in [-0.2, 0) is 17.9 Å². The van der Waals surface area contributed by atoms with E-state index in [0.29, 0.717) is 4.57 Å². The zero-order valence-electron chi connectivity index (χ0n) is 12.4. The molecule has 1 amide bonds. The largest absolute Gasteiger partial charge is 0.573 e. The fourth-order valence-corrected chi connectivity index (χ4v) is 1.94. The molecule has 0 bridgehead atoms. The second-order valence-corrected chi connectivity index (χ2v) is 4.85. The Kier molecular flexibility index (Phi) is 4.81. The molecule has 0 atom stereocenters. The van der Waals surface area contributed by atoms with Gasteiger partial charge in [0.1, 0.15) is 12.3 Å². The first-order valence-electron chi connectivity index (χ1n) is 6.62. The van der Waals surface area contributed by atoms with Gasteiger partial charge in [-0.1, -0.05) is 18.2 Å². The smallest absolute Gasteiger partial charge is 0.405 e. The first kappa shape index (κ1) is 17.4. The van der Waals surface area contributed by atoms with E-state index >= 15 is 0 Å². The second kappa shape index (κ2) is 6.64. The van der Waals surface area contributed by atoms with Crippen molar-refractivity contribution in [1.82, 2.24) is 19.7 Å². The summed E-state index contributed by atoms with van der Waals surface area (Å²) in [6.07, 6.45) is -4.86. The van der Waals surface area contributed by atoms with Gasteiger partial charge in [0, 0.05) is 19.2 Å². The van der Waals surface area contributed by atoms with Crippen LogP contribution in [0.4, 0.5) is 13.2 Å². The number of hydrogen-bond acceptors (Lipinski definition) is 4. The molecule has 2 N–H and O–H groups in total. The van der Waals surface area contributed by atoms with Crippen molar-refractivity contribution >= 4 is 5.91 Å². The topological polar surface area (TPSA) is 100 Å². The molecule has 8 nitrogen and oxygen atoms in total. The molecule has 0 saturated heterocycles. The fraction of sp³-hybridized carbons (Fsp3) is 0.308. The Hall–Kier alpha value is -2.98. The molecule has 0 fully saturated rings. The van der Waals surface area contributed by atoms with Crippen molar-refractivity contribution in [3.05, 3.63) is 50.8 Å². The molecular weight excluding hydrogens is 333 g/mol. The van der Waals surface area contributed by atoms with Crippen LogP contribution in [-0.4, -0.2) is 39.0 Å². The van der Waals surface area contributed by atoms with Gasteiger partial charge in [-0.25, -0.2) is 24.4 Å². The van der Waals surface area contributed by atoms with Crippen molar-refractivity contribution < 1.29 is 22.7 Å². The highest BCUT2D eigenvalue weighted by Crippen LogP contribution is 2.26. The SMILES string of the molecule is CN(Cc1ccccc1OC(F)(F)F)C(=O)Cn1c(=O)[nH][nH]c1=O. The van der Waals surface area contributed by atoms with Crippen molar-refractivity contribution in [2.24, 2.45) is 0 Å². The molecule has 0 unspecified atom stereocenters. The van der Waals surface area contributed by atoms with E-state index in [9.17, 15) is 27.6 Å². The lowest BCUT2D eigenvalue weighted by atomic mass is 10.2. The second-order valence-electron chi connectivity index (χ2n) is 4.85. The van der Waals surface area contributed by atoms with Gasteiger partial charge in [-0.2, -0.15) is 0 Å². The van der Waals surface area contributed by atoms with Crippen LogP contribution < -0.4 is 16.1 Å². The summed E-state index contributed by atoms with van der Waals surface area (Å²) in [6, 6.07) is 5.37. The summed E-state index contributed by atoms with van der Waals surface area (Å²) >= 11 is 0. The lowest BCUT2D eigenvalue weighted by Gasteiger charge is -2.19. The number of ether oxygens (including phenoxy) is 1. The molecule has 1 heterocycles. The Morgan fingerprint density at radius 1 is 1.21 bits per heavy atom. The lowest BCUT2D eigenvalue weighted by Crippen LogP contribution is -2.37. The zero-order valence-corrected chi connectivity index (χ0v) is 12.4. The van der Waals surface area contributed by atoms with Crippen molar-refractivity contribution in [2.45, 2.75) is 19.5 Å². The number of nitrogens with one attached hydrogen (secondary N) is 2. The minimum atomic E-state index is -4.86. The van der Waals surface area contributed by atoms with Crippen molar-refractivity contribution in [3.63, 3.8) is 0 Å². The number of H-pyrrole nitrogens is 2. The monoisotopic (exact) mass is 346 g/mol. The maximum absolute atomic E-state index is 12.4. The first-order valence-corrected chi connectivity index (χ1v) is 6.62. The molecule has 1 aromatic carbocycles. The molecule has 2 aromatic rings. The van der Waals surface area contributed by atoms with Crippen LogP contribution in [0, 0.1) is 0 Å². The van der Waals surface area contributed by atoms with Crippen molar-refractivity contribution in [3.8, 4) is 5.75 Å². The van der Waals surface area contributed by atoms with E-state index in [2.05, 4.69) is 4.74 Å². The number of halogens is 3. The first-order chi connectivity index (χ1) is 11.2. The quantitative estimate of drug-likeness (QED) is 0.819. The summed E-state index contributed by atoms with van der Waals surface area (Å²) in [5, 5.41) is 4.04. The molecule has 0 radical (unpaired) electrons. The number of hydrogen-bond donors (Lipinski definition) is 2. The van der Waals surface area contributed by atoms with Crippen LogP contribution in [0.3, 0.4) is 0 Å². The average Bonchev–Trinajstić information content (AvgIpc) is 2.79. The predicted octanol–water partition coefficient (Wildman–Crippen LogP) is 0.422. The Morgan fingerprint density at radius 2 is 1.79 bits per heavy atom. The van der Waals surface area contributed by atoms with E-state index in [1.165, 1.54) is 25.2 Å². The van der Waals surface area contributed by atoms with E-state index in [1.54, 1.807) is 0 Å². The zero-order chi connectivity index (χ0) is 17.9. The molecule has 0 aliphatic heterocycles. The van der Waals surface area contributed by atoms with Crippen LogP contribution in [0.1, 0.15) is 5.56 Å².